The number of thiazole rings is 1. The molecule has 134 valence electrons. The summed E-state index contributed by atoms with van der Waals surface area (Å²) in [7, 11) is 0. The van der Waals surface area contributed by atoms with Gasteiger partial charge in [-0.3, -0.25) is 20.0 Å². The third-order valence-corrected chi connectivity index (χ3v) is 5.52. The van der Waals surface area contributed by atoms with Crippen molar-refractivity contribution in [1.29, 1.82) is 0 Å². The minimum absolute atomic E-state index is 0.282. The Balaban J connectivity index is 1.40. The third-order valence-electron chi connectivity index (χ3n) is 4.72. The van der Waals surface area contributed by atoms with Gasteiger partial charge < -0.3 is 0 Å². The standard InChI is InChI=1S/C19H21N5OS/c1-13-6-8-24(9-7-13)11-14-12-26-19(21-14)23-18(25)17-10-20-15-4-2-3-5-16(15)22-17/h2-5,10,12-13H,6-9,11H2,1H3,(H,21,23,25). The molecule has 1 saturated heterocycles. The maximum atomic E-state index is 12.4. The number of carbonyl (C=O) groups excluding carboxylic acids is 1. The lowest BCUT2D eigenvalue weighted by molar-refractivity contribution is 0.102. The first-order valence-electron chi connectivity index (χ1n) is 8.87. The van der Waals surface area contributed by atoms with Crippen molar-refractivity contribution in [2.75, 3.05) is 18.4 Å². The summed E-state index contributed by atoms with van der Waals surface area (Å²) in [6, 6.07) is 7.50. The molecule has 0 bridgehead atoms. The highest BCUT2D eigenvalue weighted by atomic mass is 32.1. The molecule has 4 rings (SSSR count). The van der Waals surface area contributed by atoms with Gasteiger partial charge >= 0.3 is 0 Å². The maximum absolute atomic E-state index is 12.4. The molecule has 0 saturated carbocycles. The van der Waals surface area contributed by atoms with Crippen LogP contribution in [0.15, 0.2) is 35.8 Å². The van der Waals surface area contributed by atoms with Gasteiger partial charge in [-0.05, 0) is 44.0 Å². The highest BCUT2D eigenvalue weighted by Gasteiger charge is 2.17. The van der Waals surface area contributed by atoms with Gasteiger partial charge in [-0.2, -0.15) is 0 Å². The summed E-state index contributed by atoms with van der Waals surface area (Å²) < 4.78 is 0. The normalized spacial score (nSPS) is 16.0. The van der Waals surface area contributed by atoms with Gasteiger partial charge in [0.05, 0.1) is 22.9 Å². The fourth-order valence-electron chi connectivity index (χ4n) is 3.11. The molecule has 1 fully saturated rings. The molecule has 0 atom stereocenters. The molecule has 3 heterocycles. The van der Waals surface area contributed by atoms with Crippen molar-refractivity contribution in [1.82, 2.24) is 19.9 Å². The van der Waals surface area contributed by atoms with E-state index in [0.29, 0.717) is 16.3 Å². The minimum atomic E-state index is -0.282. The van der Waals surface area contributed by atoms with Crippen molar-refractivity contribution >= 4 is 33.4 Å². The van der Waals surface area contributed by atoms with Crippen LogP contribution in [0, 0.1) is 5.92 Å². The first-order chi connectivity index (χ1) is 12.7. The fraction of sp³-hybridized carbons (Fsp3) is 0.368. The van der Waals surface area contributed by atoms with E-state index in [0.717, 1.165) is 36.8 Å². The van der Waals surface area contributed by atoms with Gasteiger partial charge in [0, 0.05) is 11.9 Å². The van der Waals surface area contributed by atoms with E-state index in [1.54, 1.807) is 0 Å². The van der Waals surface area contributed by atoms with Gasteiger partial charge in [-0.25, -0.2) is 9.97 Å². The smallest absolute Gasteiger partial charge is 0.277 e. The molecule has 1 aliphatic rings. The van der Waals surface area contributed by atoms with Gasteiger partial charge in [0.15, 0.2) is 5.13 Å². The van der Waals surface area contributed by atoms with Crippen LogP contribution in [0.25, 0.3) is 11.0 Å². The lowest BCUT2D eigenvalue weighted by Crippen LogP contribution is -2.32. The monoisotopic (exact) mass is 367 g/mol. The Morgan fingerprint density at radius 1 is 1.23 bits per heavy atom. The second-order valence-corrected chi connectivity index (χ2v) is 7.66. The van der Waals surface area contributed by atoms with Crippen molar-refractivity contribution in [3.63, 3.8) is 0 Å². The molecule has 0 spiro atoms. The number of hydrogen-bond donors (Lipinski definition) is 1. The third kappa shape index (κ3) is 3.89. The largest absolute Gasteiger partial charge is 0.297 e. The van der Waals surface area contributed by atoms with Crippen molar-refractivity contribution in [3.8, 4) is 0 Å². The summed E-state index contributed by atoms with van der Waals surface area (Å²) >= 11 is 1.45. The Bertz CT molecular complexity index is 917. The predicted octanol–water partition coefficient (Wildman–Crippen LogP) is 3.57. The van der Waals surface area contributed by atoms with Crippen LogP contribution < -0.4 is 5.32 Å². The predicted molar refractivity (Wildman–Crippen MR) is 103 cm³/mol. The second kappa shape index (κ2) is 7.47. The number of carbonyl (C=O) groups is 1. The Morgan fingerprint density at radius 2 is 2.00 bits per heavy atom. The number of likely N-dealkylation sites (tertiary alicyclic amines) is 1. The maximum Gasteiger partial charge on any atom is 0.277 e. The number of nitrogens with zero attached hydrogens (tertiary/aromatic N) is 4. The van der Waals surface area contributed by atoms with E-state index in [4.69, 9.17) is 0 Å². The van der Waals surface area contributed by atoms with Crippen LogP contribution in [0.1, 0.15) is 35.9 Å². The summed E-state index contributed by atoms with van der Waals surface area (Å²) in [6.45, 7) is 5.39. The molecular formula is C19H21N5OS. The number of hydrogen-bond acceptors (Lipinski definition) is 6. The van der Waals surface area contributed by atoms with Crippen LogP contribution in [0.2, 0.25) is 0 Å². The molecule has 0 aliphatic carbocycles. The number of amides is 1. The molecule has 1 N–H and O–H groups in total. The molecular weight excluding hydrogens is 346 g/mol. The molecule has 26 heavy (non-hydrogen) atoms. The number of anilines is 1. The van der Waals surface area contributed by atoms with E-state index in [2.05, 4.69) is 32.1 Å². The fourth-order valence-corrected chi connectivity index (χ4v) is 3.81. The quantitative estimate of drug-likeness (QED) is 0.763. The average molecular weight is 367 g/mol. The molecule has 0 unspecified atom stereocenters. The van der Waals surface area contributed by atoms with Crippen LogP contribution >= 0.6 is 11.3 Å². The van der Waals surface area contributed by atoms with Gasteiger partial charge in [0.1, 0.15) is 5.69 Å². The van der Waals surface area contributed by atoms with E-state index in [-0.39, 0.29) is 5.91 Å². The highest BCUT2D eigenvalue weighted by molar-refractivity contribution is 7.13. The van der Waals surface area contributed by atoms with Crippen molar-refractivity contribution in [2.45, 2.75) is 26.3 Å². The number of para-hydroxylation sites is 2. The van der Waals surface area contributed by atoms with Crippen LogP contribution in [0.4, 0.5) is 5.13 Å². The molecule has 0 radical (unpaired) electrons. The van der Waals surface area contributed by atoms with Crippen molar-refractivity contribution in [3.05, 3.63) is 47.2 Å². The van der Waals surface area contributed by atoms with Crippen LogP contribution in [0.3, 0.4) is 0 Å². The molecule has 1 aromatic carbocycles. The van der Waals surface area contributed by atoms with Crippen molar-refractivity contribution in [2.24, 2.45) is 5.92 Å². The lowest BCUT2D eigenvalue weighted by atomic mass is 9.99. The molecule has 6 nitrogen and oxygen atoms in total. The van der Waals surface area contributed by atoms with E-state index in [1.165, 1.54) is 30.4 Å². The summed E-state index contributed by atoms with van der Waals surface area (Å²) in [5, 5.41) is 5.45. The first kappa shape index (κ1) is 17.1. The summed E-state index contributed by atoms with van der Waals surface area (Å²) in [5.41, 5.74) is 2.78. The molecule has 1 aliphatic heterocycles. The average Bonchev–Trinajstić information content (AvgIpc) is 3.10. The number of aromatic nitrogens is 3. The van der Waals surface area contributed by atoms with E-state index >= 15 is 0 Å². The number of nitrogens with one attached hydrogen (secondary N) is 1. The SMILES string of the molecule is CC1CCN(Cc2csc(NC(=O)c3cnc4ccccc4n3)n2)CC1. The molecule has 1 amide bonds. The zero-order valence-electron chi connectivity index (χ0n) is 14.7. The number of piperidine rings is 1. The van der Waals surface area contributed by atoms with Crippen LogP contribution in [-0.2, 0) is 6.54 Å². The number of benzene rings is 1. The van der Waals surface area contributed by atoms with Crippen LogP contribution in [0.5, 0.6) is 0 Å². The Morgan fingerprint density at radius 3 is 2.81 bits per heavy atom. The highest BCUT2D eigenvalue weighted by Crippen LogP contribution is 2.21. The molecule has 3 aromatic rings. The second-order valence-electron chi connectivity index (χ2n) is 6.80. The van der Waals surface area contributed by atoms with Gasteiger partial charge in [-0.1, -0.05) is 19.1 Å². The Hall–Kier alpha value is -2.38. The Kier molecular flexibility index (Phi) is 4.90. The van der Waals surface area contributed by atoms with Gasteiger partial charge in [0.2, 0.25) is 0 Å². The summed E-state index contributed by atoms with van der Waals surface area (Å²) in [4.78, 5) is 28.1. The van der Waals surface area contributed by atoms with E-state index in [1.807, 2.05) is 29.6 Å². The Labute approximate surface area is 156 Å². The topological polar surface area (TPSA) is 71.0 Å². The summed E-state index contributed by atoms with van der Waals surface area (Å²) in [6.07, 6.45) is 3.99. The van der Waals surface area contributed by atoms with E-state index < -0.39 is 0 Å². The summed E-state index contributed by atoms with van der Waals surface area (Å²) in [5.74, 6) is 0.538. The molecule has 7 heteroatoms. The molecule has 2 aromatic heterocycles. The lowest BCUT2D eigenvalue weighted by Gasteiger charge is -2.29. The zero-order chi connectivity index (χ0) is 17.9. The number of fused-ring (bicyclic) bond motifs is 1. The number of rotatable bonds is 4. The van der Waals surface area contributed by atoms with Gasteiger partial charge in [-0.15, -0.1) is 11.3 Å². The minimum Gasteiger partial charge on any atom is -0.297 e. The van der Waals surface area contributed by atoms with E-state index in [9.17, 15) is 4.79 Å². The van der Waals surface area contributed by atoms with Gasteiger partial charge in [0.25, 0.3) is 5.91 Å². The van der Waals surface area contributed by atoms with Crippen LogP contribution in [-0.4, -0.2) is 38.8 Å². The van der Waals surface area contributed by atoms with Crippen molar-refractivity contribution < 1.29 is 4.79 Å². The zero-order valence-corrected chi connectivity index (χ0v) is 15.5. The first-order valence-corrected chi connectivity index (χ1v) is 9.75.